The third kappa shape index (κ3) is 3.93. The summed E-state index contributed by atoms with van der Waals surface area (Å²) in [5, 5.41) is 7.00. The highest BCUT2D eigenvalue weighted by molar-refractivity contribution is 5.78. The maximum atomic E-state index is 13.8. The Morgan fingerprint density at radius 2 is 2.04 bits per heavy atom. The third-order valence-electron chi connectivity index (χ3n) is 3.86. The van der Waals surface area contributed by atoms with Crippen LogP contribution in [-0.4, -0.2) is 41.7 Å². The Bertz CT molecular complexity index is 703. The van der Waals surface area contributed by atoms with Crippen molar-refractivity contribution in [1.82, 2.24) is 9.97 Å². The average molecular weight is 333 g/mol. The first kappa shape index (κ1) is 18.0. The Balaban J connectivity index is 0.00000100. The standard InChI is InChI=1S/C16H16FN3O2.CH4O/c17-13-7-11(1-2-12(13)9-21)15-16(18)19-8-14(20-15)10-3-5-22-6-4-10;1-2/h1-2,7-10H,3-6H2,(H2,18,19);2H,1H3. The van der Waals surface area contributed by atoms with Gasteiger partial charge >= 0.3 is 0 Å². The van der Waals surface area contributed by atoms with Gasteiger partial charge in [-0.3, -0.25) is 4.79 Å². The Morgan fingerprint density at radius 3 is 2.67 bits per heavy atom. The zero-order valence-electron chi connectivity index (χ0n) is 13.4. The molecule has 0 aliphatic carbocycles. The SMILES string of the molecule is CO.Nc1ncc(C2CCOCC2)nc1-c1ccc(C=O)c(F)c1. The quantitative estimate of drug-likeness (QED) is 0.836. The van der Waals surface area contributed by atoms with Crippen LogP contribution in [0.3, 0.4) is 0 Å². The fourth-order valence-corrected chi connectivity index (χ4v) is 2.58. The average Bonchev–Trinajstić information content (AvgIpc) is 2.64. The molecule has 0 atom stereocenters. The van der Waals surface area contributed by atoms with Crippen LogP contribution < -0.4 is 5.73 Å². The number of hydrogen-bond donors (Lipinski definition) is 2. The first-order valence-electron chi connectivity index (χ1n) is 7.59. The number of anilines is 1. The number of nitrogens with zero attached hydrogens (tertiary/aromatic N) is 2. The predicted molar refractivity (Wildman–Crippen MR) is 88.2 cm³/mol. The number of carbonyl (C=O) groups excluding carboxylic acids is 1. The van der Waals surface area contributed by atoms with E-state index in [9.17, 15) is 9.18 Å². The molecular formula is C17H20FN3O3. The highest BCUT2D eigenvalue weighted by Gasteiger charge is 2.19. The number of ether oxygens (including phenoxy) is 1. The van der Waals surface area contributed by atoms with E-state index in [4.69, 9.17) is 15.6 Å². The van der Waals surface area contributed by atoms with Gasteiger partial charge in [0.05, 0.1) is 17.5 Å². The molecule has 0 radical (unpaired) electrons. The molecule has 1 aliphatic heterocycles. The molecule has 6 nitrogen and oxygen atoms in total. The second-order valence-electron chi connectivity index (χ2n) is 5.27. The fraction of sp³-hybridized carbons (Fsp3) is 0.353. The summed E-state index contributed by atoms with van der Waals surface area (Å²) >= 11 is 0. The van der Waals surface area contributed by atoms with E-state index in [1.165, 1.54) is 12.1 Å². The van der Waals surface area contributed by atoms with Gasteiger partial charge in [0, 0.05) is 31.8 Å². The minimum Gasteiger partial charge on any atom is -0.400 e. The molecule has 0 unspecified atom stereocenters. The summed E-state index contributed by atoms with van der Waals surface area (Å²) in [6, 6.07) is 4.30. The van der Waals surface area contributed by atoms with Crippen LogP contribution in [0.15, 0.2) is 24.4 Å². The van der Waals surface area contributed by atoms with Gasteiger partial charge in [0.2, 0.25) is 0 Å². The Hall–Kier alpha value is -2.38. The Labute approximate surface area is 139 Å². The molecule has 24 heavy (non-hydrogen) atoms. The predicted octanol–water partition coefficient (Wildman–Crippen LogP) is 2.18. The maximum Gasteiger partial charge on any atom is 0.152 e. The van der Waals surface area contributed by atoms with Gasteiger partial charge in [0.1, 0.15) is 17.3 Å². The van der Waals surface area contributed by atoms with Crippen LogP contribution in [0.5, 0.6) is 0 Å². The van der Waals surface area contributed by atoms with E-state index in [1.54, 1.807) is 12.3 Å². The lowest BCUT2D eigenvalue weighted by Crippen LogP contribution is -2.16. The molecule has 1 aromatic carbocycles. The molecule has 2 aromatic rings. The number of nitrogen functional groups attached to an aromatic ring is 1. The van der Waals surface area contributed by atoms with Crippen molar-refractivity contribution in [3.8, 4) is 11.3 Å². The van der Waals surface area contributed by atoms with Crippen LogP contribution in [0, 0.1) is 5.82 Å². The fourth-order valence-electron chi connectivity index (χ4n) is 2.58. The van der Waals surface area contributed by atoms with E-state index in [2.05, 4.69) is 9.97 Å². The minimum absolute atomic E-state index is 0.0101. The summed E-state index contributed by atoms with van der Waals surface area (Å²) in [7, 11) is 1.00. The summed E-state index contributed by atoms with van der Waals surface area (Å²) < 4.78 is 19.1. The largest absolute Gasteiger partial charge is 0.400 e. The number of rotatable bonds is 3. The van der Waals surface area contributed by atoms with E-state index < -0.39 is 5.82 Å². The second kappa shape index (κ2) is 8.47. The summed E-state index contributed by atoms with van der Waals surface area (Å²) in [5.74, 6) is -0.0704. The number of aliphatic hydroxyl groups is 1. The van der Waals surface area contributed by atoms with Crippen molar-refractivity contribution < 1.29 is 19.0 Å². The smallest absolute Gasteiger partial charge is 0.152 e. The molecule has 7 heteroatoms. The molecule has 0 saturated carbocycles. The number of benzene rings is 1. The van der Waals surface area contributed by atoms with Crippen LogP contribution in [-0.2, 0) is 4.74 Å². The lowest BCUT2D eigenvalue weighted by molar-refractivity contribution is 0.0844. The van der Waals surface area contributed by atoms with Crippen LogP contribution in [0.1, 0.15) is 34.8 Å². The van der Waals surface area contributed by atoms with Gasteiger partial charge in [-0.15, -0.1) is 0 Å². The van der Waals surface area contributed by atoms with E-state index in [0.717, 1.165) is 25.6 Å². The Morgan fingerprint density at radius 1 is 1.33 bits per heavy atom. The van der Waals surface area contributed by atoms with E-state index in [-0.39, 0.29) is 17.3 Å². The molecule has 3 rings (SSSR count). The molecule has 128 valence electrons. The normalized spacial score (nSPS) is 14.6. The summed E-state index contributed by atoms with van der Waals surface area (Å²) in [5.41, 5.74) is 7.69. The van der Waals surface area contributed by atoms with Crippen LogP contribution in [0.2, 0.25) is 0 Å². The monoisotopic (exact) mass is 333 g/mol. The molecule has 0 bridgehead atoms. The van der Waals surface area contributed by atoms with Crippen molar-refractivity contribution in [3.05, 3.63) is 41.5 Å². The molecule has 1 fully saturated rings. The molecular weight excluding hydrogens is 313 g/mol. The topological polar surface area (TPSA) is 98.3 Å². The summed E-state index contributed by atoms with van der Waals surface area (Å²) in [4.78, 5) is 19.4. The number of aromatic nitrogens is 2. The van der Waals surface area contributed by atoms with Gasteiger partial charge in [-0.2, -0.15) is 0 Å². The molecule has 1 aromatic heterocycles. The highest BCUT2D eigenvalue weighted by Crippen LogP contribution is 2.29. The molecule has 1 saturated heterocycles. The van der Waals surface area contributed by atoms with Gasteiger partial charge < -0.3 is 15.6 Å². The van der Waals surface area contributed by atoms with Crippen LogP contribution in [0.4, 0.5) is 10.2 Å². The zero-order valence-corrected chi connectivity index (χ0v) is 13.4. The van der Waals surface area contributed by atoms with Gasteiger partial charge in [-0.05, 0) is 25.0 Å². The van der Waals surface area contributed by atoms with Gasteiger partial charge in [0.15, 0.2) is 6.29 Å². The van der Waals surface area contributed by atoms with Crippen molar-refractivity contribution in [3.63, 3.8) is 0 Å². The molecule has 2 heterocycles. The number of carbonyl (C=O) groups is 1. The minimum atomic E-state index is -0.592. The highest BCUT2D eigenvalue weighted by atomic mass is 19.1. The number of hydrogen-bond acceptors (Lipinski definition) is 6. The number of halogens is 1. The lowest BCUT2D eigenvalue weighted by atomic mass is 9.96. The van der Waals surface area contributed by atoms with Crippen molar-refractivity contribution in [1.29, 1.82) is 0 Å². The number of nitrogens with two attached hydrogens (primary N) is 1. The summed E-state index contributed by atoms with van der Waals surface area (Å²) in [6.45, 7) is 1.41. The second-order valence-corrected chi connectivity index (χ2v) is 5.27. The van der Waals surface area contributed by atoms with Gasteiger partial charge in [-0.25, -0.2) is 14.4 Å². The van der Waals surface area contributed by atoms with E-state index >= 15 is 0 Å². The molecule has 3 N–H and O–H groups in total. The van der Waals surface area contributed by atoms with Crippen molar-refractivity contribution >= 4 is 12.1 Å². The van der Waals surface area contributed by atoms with E-state index in [0.29, 0.717) is 30.8 Å². The maximum absolute atomic E-state index is 13.8. The lowest BCUT2D eigenvalue weighted by Gasteiger charge is -2.21. The van der Waals surface area contributed by atoms with Crippen LogP contribution in [0.25, 0.3) is 11.3 Å². The molecule has 0 amide bonds. The molecule has 0 spiro atoms. The third-order valence-corrected chi connectivity index (χ3v) is 3.86. The first-order valence-corrected chi connectivity index (χ1v) is 7.59. The first-order chi connectivity index (χ1) is 11.7. The van der Waals surface area contributed by atoms with Crippen molar-refractivity contribution in [2.45, 2.75) is 18.8 Å². The van der Waals surface area contributed by atoms with Crippen molar-refractivity contribution in [2.24, 2.45) is 0 Å². The van der Waals surface area contributed by atoms with E-state index in [1.807, 2.05) is 0 Å². The van der Waals surface area contributed by atoms with Crippen LogP contribution >= 0.6 is 0 Å². The summed E-state index contributed by atoms with van der Waals surface area (Å²) in [6.07, 6.45) is 3.92. The van der Waals surface area contributed by atoms with Gasteiger partial charge in [0.25, 0.3) is 0 Å². The van der Waals surface area contributed by atoms with Crippen molar-refractivity contribution in [2.75, 3.05) is 26.1 Å². The number of aldehydes is 1. The van der Waals surface area contributed by atoms with Gasteiger partial charge in [-0.1, -0.05) is 6.07 Å². The number of aliphatic hydroxyl groups excluding tert-OH is 1. The zero-order chi connectivity index (χ0) is 17.5. The molecule has 1 aliphatic rings. The Kier molecular flexibility index (Phi) is 6.34.